The lowest BCUT2D eigenvalue weighted by atomic mass is 10.1. The molecule has 2 N–H and O–H groups in total. The third-order valence-corrected chi connectivity index (χ3v) is 4.47. The van der Waals surface area contributed by atoms with Crippen molar-refractivity contribution < 1.29 is 0 Å². The molecular formula is C18H20N8O. The van der Waals surface area contributed by atoms with Crippen LogP contribution in [0.25, 0.3) is 22.1 Å². The van der Waals surface area contributed by atoms with Gasteiger partial charge in [0, 0.05) is 14.1 Å². The first-order chi connectivity index (χ1) is 13.0. The number of fused-ring (bicyclic) bond motifs is 2. The maximum absolute atomic E-state index is 13.2. The van der Waals surface area contributed by atoms with Crippen LogP contribution in [0.5, 0.6) is 0 Å². The van der Waals surface area contributed by atoms with E-state index in [2.05, 4.69) is 25.3 Å². The van der Waals surface area contributed by atoms with E-state index < -0.39 is 0 Å². The Morgan fingerprint density at radius 2 is 2.04 bits per heavy atom. The Morgan fingerprint density at radius 3 is 2.81 bits per heavy atom. The molecule has 3 aromatic heterocycles. The third kappa shape index (κ3) is 2.77. The second kappa shape index (κ2) is 6.35. The van der Waals surface area contributed by atoms with Gasteiger partial charge in [-0.3, -0.25) is 4.79 Å². The summed E-state index contributed by atoms with van der Waals surface area (Å²) in [6.45, 7) is 3.86. The Bertz CT molecular complexity index is 1190. The van der Waals surface area contributed by atoms with Crippen molar-refractivity contribution >= 4 is 27.9 Å². The van der Waals surface area contributed by atoms with E-state index in [9.17, 15) is 4.79 Å². The molecule has 1 atom stereocenters. The number of H-pyrrole nitrogens is 1. The minimum absolute atomic E-state index is 0.0962. The fraction of sp³-hybridized carbons (Fsp3) is 0.278. The van der Waals surface area contributed by atoms with Crippen molar-refractivity contribution in [3.05, 3.63) is 52.6 Å². The molecule has 0 radical (unpaired) electrons. The Hall–Kier alpha value is -3.49. The zero-order valence-corrected chi connectivity index (χ0v) is 15.6. The minimum atomic E-state index is -0.286. The lowest BCUT2D eigenvalue weighted by Crippen LogP contribution is -2.40. The van der Waals surface area contributed by atoms with Crippen LogP contribution in [0.4, 0.5) is 5.82 Å². The molecule has 0 saturated heterocycles. The summed E-state index contributed by atoms with van der Waals surface area (Å²) in [7, 11) is 3.64. The molecule has 0 aliphatic heterocycles. The van der Waals surface area contributed by atoms with Gasteiger partial charge in [-0.2, -0.15) is 0 Å². The van der Waals surface area contributed by atoms with Crippen LogP contribution in [0.1, 0.15) is 24.4 Å². The van der Waals surface area contributed by atoms with Crippen LogP contribution in [-0.4, -0.2) is 43.7 Å². The SMILES string of the molecule is Cc1cccc2nc([C@H](C)Nc3ncnc4nc[nH]c34)n(N(C)C)c(=O)c12. The number of imidazole rings is 1. The predicted octanol–water partition coefficient (Wildman–Crippen LogP) is 1.74. The summed E-state index contributed by atoms with van der Waals surface area (Å²) < 4.78 is 1.58. The zero-order valence-electron chi connectivity index (χ0n) is 15.6. The Kier molecular flexibility index (Phi) is 3.98. The molecular weight excluding hydrogens is 344 g/mol. The van der Waals surface area contributed by atoms with Gasteiger partial charge in [-0.05, 0) is 25.5 Å². The van der Waals surface area contributed by atoms with E-state index in [1.54, 1.807) is 16.0 Å². The van der Waals surface area contributed by atoms with Crippen molar-refractivity contribution in [1.29, 1.82) is 0 Å². The molecule has 0 unspecified atom stereocenters. The number of hydrogen-bond acceptors (Lipinski definition) is 7. The fourth-order valence-corrected chi connectivity index (χ4v) is 3.22. The van der Waals surface area contributed by atoms with E-state index in [1.807, 2.05) is 46.1 Å². The minimum Gasteiger partial charge on any atom is -0.358 e. The quantitative estimate of drug-likeness (QED) is 0.568. The number of hydrogen-bond donors (Lipinski definition) is 2. The van der Waals surface area contributed by atoms with Gasteiger partial charge >= 0.3 is 0 Å². The molecule has 0 bridgehead atoms. The van der Waals surface area contributed by atoms with Crippen molar-refractivity contribution in [2.24, 2.45) is 0 Å². The maximum Gasteiger partial charge on any atom is 0.280 e. The first-order valence-corrected chi connectivity index (χ1v) is 8.58. The topological polar surface area (TPSA) is 105 Å². The summed E-state index contributed by atoms with van der Waals surface area (Å²) in [4.78, 5) is 33.5. The lowest BCUT2D eigenvalue weighted by molar-refractivity contribution is 0.609. The number of anilines is 1. The first kappa shape index (κ1) is 17.0. The van der Waals surface area contributed by atoms with Crippen molar-refractivity contribution in [2.45, 2.75) is 19.9 Å². The van der Waals surface area contributed by atoms with Crippen LogP contribution in [0.15, 0.2) is 35.6 Å². The Morgan fingerprint density at radius 1 is 1.22 bits per heavy atom. The number of benzene rings is 1. The molecule has 0 saturated carbocycles. The van der Waals surface area contributed by atoms with Gasteiger partial charge in [0.1, 0.15) is 11.8 Å². The van der Waals surface area contributed by atoms with Crippen LogP contribution in [0.2, 0.25) is 0 Å². The fourth-order valence-electron chi connectivity index (χ4n) is 3.22. The number of rotatable bonds is 4. The number of nitrogens with one attached hydrogen (secondary N) is 2. The van der Waals surface area contributed by atoms with Crippen LogP contribution in [0, 0.1) is 6.92 Å². The summed E-state index contributed by atoms with van der Waals surface area (Å²) >= 11 is 0. The van der Waals surface area contributed by atoms with Crippen LogP contribution in [0.3, 0.4) is 0 Å². The van der Waals surface area contributed by atoms with E-state index in [0.717, 1.165) is 5.56 Å². The standard InChI is InChI=1S/C18H20N8O/c1-10-6-5-7-12-13(10)18(27)26(25(3)4)17(24-12)11(2)23-16-14-15(20-8-19-14)21-9-22-16/h5-9,11H,1-4H3,(H2,19,20,21,22,23)/t11-/m0/s1. The van der Waals surface area contributed by atoms with Gasteiger partial charge in [-0.1, -0.05) is 12.1 Å². The smallest absolute Gasteiger partial charge is 0.280 e. The molecule has 9 nitrogen and oxygen atoms in total. The molecule has 0 aliphatic rings. The van der Waals surface area contributed by atoms with E-state index >= 15 is 0 Å². The highest BCUT2D eigenvalue weighted by atomic mass is 16.1. The zero-order chi connectivity index (χ0) is 19.1. The largest absolute Gasteiger partial charge is 0.358 e. The molecule has 9 heteroatoms. The molecule has 1 aromatic carbocycles. The molecule has 138 valence electrons. The molecule has 0 amide bonds. The summed E-state index contributed by atoms with van der Waals surface area (Å²) in [6.07, 6.45) is 3.02. The van der Waals surface area contributed by atoms with Gasteiger partial charge in [0.2, 0.25) is 0 Å². The summed E-state index contributed by atoms with van der Waals surface area (Å²) in [5.41, 5.74) is 2.77. The number of aromatic nitrogens is 6. The average molecular weight is 364 g/mol. The van der Waals surface area contributed by atoms with E-state index in [4.69, 9.17) is 4.98 Å². The highest BCUT2D eigenvalue weighted by molar-refractivity contribution is 5.83. The Labute approximate surface area is 155 Å². The second-order valence-corrected chi connectivity index (χ2v) is 6.59. The van der Waals surface area contributed by atoms with Gasteiger partial charge in [-0.15, -0.1) is 0 Å². The van der Waals surface area contributed by atoms with E-state index in [-0.39, 0.29) is 11.6 Å². The van der Waals surface area contributed by atoms with Crippen molar-refractivity contribution in [3.63, 3.8) is 0 Å². The monoisotopic (exact) mass is 364 g/mol. The first-order valence-electron chi connectivity index (χ1n) is 8.58. The summed E-state index contributed by atoms with van der Waals surface area (Å²) in [5.74, 6) is 1.20. The van der Waals surface area contributed by atoms with Gasteiger partial charge in [-0.25, -0.2) is 24.6 Å². The molecule has 3 heterocycles. The molecule has 0 aliphatic carbocycles. The Balaban J connectivity index is 1.86. The van der Waals surface area contributed by atoms with Gasteiger partial charge in [0.25, 0.3) is 5.56 Å². The van der Waals surface area contributed by atoms with E-state index in [1.165, 1.54) is 6.33 Å². The normalized spacial score (nSPS) is 12.4. The molecule has 4 aromatic rings. The summed E-state index contributed by atoms with van der Waals surface area (Å²) in [5, 5.41) is 5.68. The van der Waals surface area contributed by atoms with Crippen molar-refractivity contribution in [1.82, 2.24) is 29.6 Å². The van der Waals surface area contributed by atoms with Gasteiger partial charge in [0.05, 0.1) is 23.3 Å². The van der Waals surface area contributed by atoms with Crippen LogP contribution in [-0.2, 0) is 0 Å². The predicted molar refractivity (Wildman–Crippen MR) is 105 cm³/mol. The van der Waals surface area contributed by atoms with Crippen molar-refractivity contribution in [2.75, 3.05) is 24.4 Å². The number of aromatic amines is 1. The molecule has 4 rings (SSSR count). The molecule has 0 spiro atoms. The maximum atomic E-state index is 13.2. The van der Waals surface area contributed by atoms with Gasteiger partial charge < -0.3 is 15.3 Å². The second-order valence-electron chi connectivity index (χ2n) is 6.59. The van der Waals surface area contributed by atoms with Crippen LogP contribution >= 0.6 is 0 Å². The van der Waals surface area contributed by atoms with Crippen molar-refractivity contribution in [3.8, 4) is 0 Å². The number of nitrogens with zero attached hydrogens (tertiary/aromatic N) is 6. The molecule has 0 fully saturated rings. The molecule has 27 heavy (non-hydrogen) atoms. The summed E-state index contributed by atoms with van der Waals surface area (Å²) in [6, 6.07) is 5.40. The third-order valence-electron chi connectivity index (χ3n) is 4.47. The van der Waals surface area contributed by atoms with E-state index in [0.29, 0.717) is 33.7 Å². The highest BCUT2D eigenvalue weighted by Crippen LogP contribution is 2.22. The van der Waals surface area contributed by atoms with Crippen LogP contribution < -0.4 is 15.9 Å². The van der Waals surface area contributed by atoms with Gasteiger partial charge in [0.15, 0.2) is 17.3 Å². The lowest BCUT2D eigenvalue weighted by Gasteiger charge is -2.24. The average Bonchev–Trinajstić information content (AvgIpc) is 3.10. The highest BCUT2D eigenvalue weighted by Gasteiger charge is 2.20. The number of aryl methyl sites for hydroxylation is 1.